The van der Waals surface area contributed by atoms with E-state index in [0.29, 0.717) is 0 Å². The Hall–Kier alpha value is -3.32. The molecule has 0 atom stereocenters. The van der Waals surface area contributed by atoms with E-state index in [-0.39, 0.29) is 0 Å². The first-order valence-electron chi connectivity index (χ1n) is 10.3. The van der Waals surface area contributed by atoms with E-state index in [1.54, 1.807) is 0 Å². The van der Waals surface area contributed by atoms with Gasteiger partial charge in [0, 0.05) is 18.8 Å². The van der Waals surface area contributed by atoms with Gasteiger partial charge in [0.05, 0.1) is 0 Å². The molecule has 0 radical (unpaired) electrons. The number of hydrogen-bond donors (Lipinski definition) is 0. The molecule has 0 bridgehead atoms. The van der Waals surface area contributed by atoms with Crippen molar-refractivity contribution in [3.05, 3.63) is 113 Å². The lowest BCUT2D eigenvalue weighted by molar-refractivity contribution is 0.866. The van der Waals surface area contributed by atoms with Crippen molar-refractivity contribution < 1.29 is 0 Å². The van der Waals surface area contributed by atoms with E-state index < -0.39 is 0 Å². The minimum Gasteiger partial charge on any atom is -0.372 e. The van der Waals surface area contributed by atoms with Crippen molar-refractivity contribution in [2.75, 3.05) is 18.0 Å². The molecule has 0 unspecified atom stereocenters. The van der Waals surface area contributed by atoms with Crippen molar-refractivity contribution in [3.63, 3.8) is 0 Å². The molecule has 4 aromatic carbocycles. The predicted octanol–water partition coefficient (Wildman–Crippen LogP) is 5.34. The standard InChI is InChI=1S/C28H27N/c1-4-29(5-2)25-19-17-24(18-20-25)28(23-15-13-21(3)14-16-23)27-12-8-10-22-9-6-7-11-26(22)27/h6-20H,3-5H2,1-2H3. The molecule has 4 rings (SSSR count). The molecule has 0 amide bonds. The number of anilines is 1. The Morgan fingerprint density at radius 2 is 1.38 bits per heavy atom. The molecule has 0 aliphatic heterocycles. The highest BCUT2D eigenvalue weighted by atomic mass is 15.1. The third-order valence-electron chi connectivity index (χ3n) is 5.59. The summed E-state index contributed by atoms with van der Waals surface area (Å²) < 4.78 is 0. The average Bonchev–Trinajstić information content (AvgIpc) is 2.77. The minimum absolute atomic E-state index is 1.01. The first-order valence-corrected chi connectivity index (χ1v) is 10.3. The quantitative estimate of drug-likeness (QED) is 0.453. The molecule has 4 aromatic rings. The molecule has 1 heteroatoms. The van der Waals surface area contributed by atoms with Crippen molar-refractivity contribution in [3.8, 4) is 0 Å². The summed E-state index contributed by atoms with van der Waals surface area (Å²) in [7, 11) is 0. The van der Waals surface area contributed by atoms with Crippen molar-refractivity contribution in [1.29, 1.82) is 0 Å². The smallest absolute Gasteiger partial charge is 0.0366 e. The SMILES string of the molecule is C=c1ccc(=C(c2ccc(N(CC)CC)cc2)c2cccc3ccccc23)cc1. The van der Waals surface area contributed by atoms with Crippen LogP contribution in [0.25, 0.3) is 22.9 Å². The van der Waals surface area contributed by atoms with Crippen LogP contribution in [0.15, 0.2) is 91.0 Å². The molecular formula is C28H27N. The highest BCUT2D eigenvalue weighted by Crippen LogP contribution is 2.29. The zero-order valence-electron chi connectivity index (χ0n) is 17.2. The topological polar surface area (TPSA) is 3.24 Å². The molecule has 0 saturated carbocycles. The van der Waals surface area contributed by atoms with Crippen LogP contribution >= 0.6 is 0 Å². The summed E-state index contributed by atoms with van der Waals surface area (Å²) in [6, 6.07) is 32.7. The van der Waals surface area contributed by atoms with E-state index >= 15 is 0 Å². The second-order valence-electron chi connectivity index (χ2n) is 7.32. The van der Waals surface area contributed by atoms with Gasteiger partial charge in [0.1, 0.15) is 0 Å². The normalized spacial score (nSPS) is 10.8. The Morgan fingerprint density at radius 3 is 2.07 bits per heavy atom. The molecule has 0 fully saturated rings. The fourth-order valence-corrected chi connectivity index (χ4v) is 4.02. The van der Waals surface area contributed by atoms with Crippen molar-refractivity contribution >= 4 is 28.6 Å². The lowest BCUT2D eigenvalue weighted by Crippen LogP contribution is -2.21. The van der Waals surface area contributed by atoms with Crippen molar-refractivity contribution in [2.24, 2.45) is 0 Å². The molecule has 0 aromatic heterocycles. The van der Waals surface area contributed by atoms with Gasteiger partial charge in [-0.15, -0.1) is 0 Å². The summed E-state index contributed by atoms with van der Waals surface area (Å²) >= 11 is 0. The van der Waals surface area contributed by atoms with Gasteiger partial charge in [-0.1, -0.05) is 85.4 Å². The summed E-state index contributed by atoms with van der Waals surface area (Å²) in [5.74, 6) is 0. The number of hydrogen-bond acceptors (Lipinski definition) is 1. The third kappa shape index (κ3) is 3.82. The first kappa shape index (κ1) is 19.0. The molecule has 0 aliphatic rings. The lowest BCUT2D eigenvalue weighted by atomic mass is 9.91. The van der Waals surface area contributed by atoms with Gasteiger partial charge < -0.3 is 4.90 Å². The zero-order chi connectivity index (χ0) is 20.2. The molecule has 0 heterocycles. The fourth-order valence-electron chi connectivity index (χ4n) is 4.02. The summed E-state index contributed by atoms with van der Waals surface area (Å²) in [5.41, 5.74) is 5.02. The van der Waals surface area contributed by atoms with E-state index in [4.69, 9.17) is 0 Å². The maximum absolute atomic E-state index is 4.05. The summed E-state index contributed by atoms with van der Waals surface area (Å²) in [6.07, 6.45) is 0. The maximum atomic E-state index is 4.05. The second-order valence-corrected chi connectivity index (χ2v) is 7.32. The van der Waals surface area contributed by atoms with Crippen LogP contribution in [-0.4, -0.2) is 13.1 Å². The Kier molecular flexibility index (Phi) is 5.48. The van der Waals surface area contributed by atoms with Crippen LogP contribution in [0.4, 0.5) is 5.69 Å². The molecule has 0 N–H and O–H groups in total. The predicted molar refractivity (Wildman–Crippen MR) is 127 cm³/mol. The Morgan fingerprint density at radius 1 is 0.724 bits per heavy atom. The van der Waals surface area contributed by atoms with E-state index in [0.717, 1.165) is 18.3 Å². The summed E-state index contributed by atoms with van der Waals surface area (Å²) in [5, 5.41) is 4.78. The molecule has 1 nitrogen and oxygen atoms in total. The van der Waals surface area contributed by atoms with E-state index in [1.807, 2.05) is 0 Å². The summed E-state index contributed by atoms with van der Waals surface area (Å²) in [6.45, 7) is 10.5. The van der Waals surface area contributed by atoms with Crippen LogP contribution in [0, 0.1) is 0 Å². The fraction of sp³-hybridized carbons (Fsp3) is 0.143. The Labute approximate surface area is 173 Å². The molecule has 0 spiro atoms. The van der Waals surface area contributed by atoms with Gasteiger partial charge in [-0.25, -0.2) is 0 Å². The Bertz CT molecular complexity index is 1200. The number of nitrogens with zero attached hydrogens (tertiary/aromatic N) is 1. The monoisotopic (exact) mass is 377 g/mol. The maximum Gasteiger partial charge on any atom is 0.0366 e. The van der Waals surface area contributed by atoms with Crippen molar-refractivity contribution in [2.45, 2.75) is 13.8 Å². The highest BCUT2D eigenvalue weighted by molar-refractivity contribution is 5.97. The van der Waals surface area contributed by atoms with Crippen molar-refractivity contribution in [1.82, 2.24) is 0 Å². The van der Waals surface area contributed by atoms with Gasteiger partial charge in [-0.05, 0) is 63.9 Å². The van der Waals surface area contributed by atoms with E-state index in [9.17, 15) is 0 Å². The van der Waals surface area contributed by atoms with Crippen LogP contribution in [0.5, 0.6) is 0 Å². The van der Waals surface area contributed by atoms with Gasteiger partial charge in [-0.3, -0.25) is 0 Å². The molecular weight excluding hydrogens is 350 g/mol. The largest absolute Gasteiger partial charge is 0.372 e. The minimum atomic E-state index is 1.01. The first-order chi connectivity index (χ1) is 14.2. The number of fused-ring (bicyclic) bond motifs is 1. The molecule has 29 heavy (non-hydrogen) atoms. The van der Waals surface area contributed by atoms with Crippen LogP contribution in [0.3, 0.4) is 0 Å². The van der Waals surface area contributed by atoms with E-state index in [2.05, 4.69) is 116 Å². The Balaban J connectivity index is 1.97. The lowest BCUT2D eigenvalue weighted by Gasteiger charge is -2.21. The summed E-state index contributed by atoms with van der Waals surface area (Å²) in [4.78, 5) is 2.37. The zero-order valence-corrected chi connectivity index (χ0v) is 17.2. The van der Waals surface area contributed by atoms with Crippen LogP contribution in [0.2, 0.25) is 0 Å². The van der Waals surface area contributed by atoms with Gasteiger partial charge in [0.25, 0.3) is 0 Å². The number of benzene rings is 4. The third-order valence-corrected chi connectivity index (χ3v) is 5.59. The van der Waals surface area contributed by atoms with Gasteiger partial charge in [0.2, 0.25) is 0 Å². The molecule has 0 saturated heterocycles. The molecule has 144 valence electrons. The molecule has 0 aliphatic carbocycles. The van der Waals surface area contributed by atoms with Crippen LogP contribution in [-0.2, 0) is 0 Å². The second kappa shape index (κ2) is 8.36. The highest BCUT2D eigenvalue weighted by Gasteiger charge is 2.11. The van der Waals surface area contributed by atoms with Gasteiger partial charge >= 0.3 is 0 Å². The average molecular weight is 378 g/mol. The van der Waals surface area contributed by atoms with Crippen LogP contribution < -0.4 is 15.3 Å². The van der Waals surface area contributed by atoms with Gasteiger partial charge in [-0.2, -0.15) is 0 Å². The van der Waals surface area contributed by atoms with E-state index in [1.165, 1.54) is 38.4 Å². The van der Waals surface area contributed by atoms with Crippen LogP contribution in [0.1, 0.15) is 25.0 Å². The van der Waals surface area contributed by atoms with Gasteiger partial charge in [0.15, 0.2) is 0 Å². The number of rotatable bonds is 5.